The van der Waals surface area contributed by atoms with Crippen LogP contribution in [0.15, 0.2) is 52.9 Å². The number of nitrogens with zero attached hydrogens (tertiary/aromatic N) is 2. The van der Waals surface area contributed by atoms with Gasteiger partial charge in [-0.05, 0) is 49.2 Å². The van der Waals surface area contributed by atoms with E-state index >= 15 is 0 Å². The molecule has 132 valence electrons. The minimum absolute atomic E-state index is 0.0592. The highest BCUT2D eigenvalue weighted by Crippen LogP contribution is 2.19. The molecule has 0 saturated heterocycles. The standard InChI is InChI=1S/C19H17N3O4/c1-12-8-9-15(10-13(12)2)18(24)25-11-16(23)20-19-22-21-17(26-19)14-6-4-3-5-7-14/h3-10H,11H2,1-2H3,(H,20,22,23). The molecule has 0 fully saturated rings. The van der Waals surface area contributed by atoms with Gasteiger partial charge < -0.3 is 9.15 Å². The molecule has 2 aromatic carbocycles. The predicted octanol–water partition coefficient (Wildman–Crippen LogP) is 3.15. The van der Waals surface area contributed by atoms with Crippen molar-refractivity contribution in [3.63, 3.8) is 0 Å². The van der Waals surface area contributed by atoms with Crippen LogP contribution in [0.4, 0.5) is 6.01 Å². The van der Waals surface area contributed by atoms with Gasteiger partial charge in [-0.3, -0.25) is 10.1 Å². The Morgan fingerprint density at radius 2 is 1.81 bits per heavy atom. The van der Waals surface area contributed by atoms with Crippen LogP contribution >= 0.6 is 0 Å². The summed E-state index contributed by atoms with van der Waals surface area (Å²) in [6, 6.07) is 14.3. The molecule has 1 heterocycles. The SMILES string of the molecule is Cc1ccc(C(=O)OCC(=O)Nc2nnc(-c3ccccc3)o2)cc1C. The van der Waals surface area contributed by atoms with E-state index in [1.807, 2.05) is 50.2 Å². The smallest absolute Gasteiger partial charge is 0.338 e. The van der Waals surface area contributed by atoms with E-state index in [1.165, 1.54) is 0 Å². The number of aryl methyl sites for hydroxylation is 2. The van der Waals surface area contributed by atoms with E-state index in [4.69, 9.17) is 9.15 Å². The molecule has 7 nitrogen and oxygen atoms in total. The molecular weight excluding hydrogens is 334 g/mol. The molecule has 0 aliphatic carbocycles. The lowest BCUT2D eigenvalue weighted by Gasteiger charge is -2.06. The minimum atomic E-state index is -0.571. The lowest BCUT2D eigenvalue weighted by atomic mass is 10.1. The number of esters is 1. The molecule has 0 atom stereocenters. The third-order valence-corrected chi connectivity index (χ3v) is 3.77. The van der Waals surface area contributed by atoms with Crippen molar-refractivity contribution in [2.24, 2.45) is 0 Å². The molecule has 3 rings (SSSR count). The summed E-state index contributed by atoms with van der Waals surface area (Å²) >= 11 is 0. The van der Waals surface area contributed by atoms with Crippen molar-refractivity contribution in [2.45, 2.75) is 13.8 Å². The molecule has 26 heavy (non-hydrogen) atoms. The van der Waals surface area contributed by atoms with Crippen LogP contribution in [0.5, 0.6) is 0 Å². The van der Waals surface area contributed by atoms with E-state index in [9.17, 15) is 9.59 Å². The molecule has 7 heteroatoms. The maximum absolute atomic E-state index is 12.0. The molecule has 0 aliphatic heterocycles. The van der Waals surface area contributed by atoms with E-state index in [2.05, 4.69) is 15.5 Å². The average Bonchev–Trinajstić information content (AvgIpc) is 3.11. The number of amides is 1. The second-order valence-electron chi connectivity index (χ2n) is 5.70. The Morgan fingerprint density at radius 1 is 1.04 bits per heavy atom. The number of carbonyl (C=O) groups excluding carboxylic acids is 2. The molecule has 0 saturated carbocycles. The lowest BCUT2D eigenvalue weighted by Crippen LogP contribution is -2.21. The molecule has 0 bridgehead atoms. The summed E-state index contributed by atoms with van der Waals surface area (Å²) in [5, 5.41) is 10.0. The largest absolute Gasteiger partial charge is 0.452 e. The van der Waals surface area contributed by atoms with Gasteiger partial charge in [-0.2, -0.15) is 0 Å². The molecule has 0 radical (unpaired) electrons. The summed E-state index contributed by atoms with van der Waals surface area (Å²) in [6.07, 6.45) is 0. The Hall–Kier alpha value is -3.48. The van der Waals surface area contributed by atoms with Crippen LogP contribution < -0.4 is 5.32 Å². The van der Waals surface area contributed by atoms with Crippen molar-refractivity contribution in [3.8, 4) is 11.5 Å². The highest BCUT2D eigenvalue weighted by atomic mass is 16.5. The van der Waals surface area contributed by atoms with Crippen LogP contribution in [0.1, 0.15) is 21.5 Å². The lowest BCUT2D eigenvalue weighted by molar-refractivity contribution is -0.119. The van der Waals surface area contributed by atoms with E-state index in [0.717, 1.165) is 16.7 Å². The van der Waals surface area contributed by atoms with Gasteiger partial charge in [-0.1, -0.05) is 29.4 Å². The molecule has 3 aromatic rings. The molecule has 1 aromatic heterocycles. The van der Waals surface area contributed by atoms with E-state index in [1.54, 1.807) is 12.1 Å². The van der Waals surface area contributed by atoms with Gasteiger partial charge in [0.15, 0.2) is 6.61 Å². The van der Waals surface area contributed by atoms with E-state index in [0.29, 0.717) is 5.56 Å². The van der Waals surface area contributed by atoms with E-state index in [-0.39, 0.29) is 11.9 Å². The Balaban J connectivity index is 1.55. The van der Waals surface area contributed by atoms with E-state index < -0.39 is 18.5 Å². The van der Waals surface area contributed by atoms with Crippen LogP contribution in [-0.2, 0) is 9.53 Å². The summed E-state index contributed by atoms with van der Waals surface area (Å²) in [5.74, 6) is -0.850. The molecule has 1 N–H and O–H groups in total. The number of ether oxygens (including phenoxy) is 1. The number of rotatable bonds is 5. The van der Waals surface area contributed by atoms with Crippen molar-refractivity contribution in [2.75, 3.05) is 11.9 Å². The molecule has 0 aliphatic rings. The quantitative estimate of drug-likeness (QED) is 0.710. The Kier molecular flexibility index (Phi) is 5.07. The van der Waals surface area contributed by atoms with Gasteiger partial charge in [0.1, 0.15) is 0 Å². The van der Waals surface area contributed by atoms with Crippen molar-refractivity contribution < 1.29 is 18.7 Å². The first-order valence-electron chi connectivity index (χ1n) is 7.96. The first-order chi connectivity index (χ1) is 12.5. The van der Waals surface area contributed by atoms with Crippen LogP contribution in [0, 0.1) is 13.8 Å². The highest BCUT2D eigenvalue weighted by molar-refractivity contribution is 5.94. The number of aromatic nitrogens is 2. The van der Waals surface area contributed by atoms with Crippen LogP contribution in [0.25, 0.3) is 11.5 Å². The second-order valence-corrected chi connectivity index (χ2v) is 5.70. The molecular formula is C19H17N3O4. The van der Waals surface area contributed by atoms with Gasteiger partial charge in [0.05, 0.1) is 5.56 Å². The highest BCUT2D eigenvalue weighted by Gasteiger charge is 2.14. The molecule has 0 spiro atoms. The van der Waals surface area contributed by atoms with Crippen molar-refractivity contribution in [1.29, 1.82) is 0 Å². The first kappa shape index (κ1) is 17.3. The van der Waals surface area contributed by atoms with Crippen molar-refractivity contribution in [1.82, 2.24) is 10.2 Å². The second kappa shape index (κ2) is 7.60. The van der Waals surface area contributed by atoms with Gasteiger partial charge in [-0.25, -0.2) is 4.79 Å². The third kappa shape index (κ3) is 4.13. The minimum Gasteiger partial charge on any atom is -0.452 e. The monoisotopic (exact) mass is 351 g/mol. The van der Waals surface area contributed by atoms with Crippen molar-refractivity contribution >= 4 is 17.9 Å². The zero-order chi connectivity index (χ0) is 18.5. The van der Waals surface area contributed by atoms with Gasteiger partial charge in [0.25, 0.3) is 5.91 Å². The van der Waals surface area contributed by atoms with Crippen LogP contribution in [0.3, 0.4) is 0 Å². The Bertz CT molecular complexity index is 935. The van der Waals surface area contributed by atoms with Gasteiger partial charge in [0, 0.05) is 5.56 Å². The summed E-state index contributed by atoms with van der Waals surface area (Å²) in [4.78, 5) is 23.9. The number of anilines is 1. The fraction of sp³-hybridized carbons (Fsp3) is 0.158. The summed E-state index contributed by atoms with van der Waals surface area (Å²) in [5.41, 5.74) is 3.18. The first-order valence-corrected chi connectivity index (χ1v) is 7.96. The van der Waals surface area contributed by atoms with Gasteiger partial charge in [-0.15, -0.1) is 5.10 Å². The predicted molar refractivity (Wildman–Crippen MR) is 94.6 cm³/mol. The Morgan fingerprint density at radius 3 is 2.54 bits per heavy atom. The normalized spacial score (nSPS) is 10.4. The molecule has 1 amide bonds. The molecule has 0 unspecified atom stereocenters. The maximum Gasteiger partial charge on any atom is 0.338 e. The maximum atomic E-state index is 12.0. The average molecular weight is 351 g/mol. The fourth-order valence-electron chi connectivity index (χ4n) is 2.21. The van der Waals surface area contributed by atoms with Gasteiger partial charge in [0.2, 0.25) is 5.89 Å². The number of carbonyl (C=O) groups is 2. The summed E-state index contributed by atoms with van der Waals surface area (Å²) in [6.45, 7) is 3.40. The number of hydrogen-bond donors (Lipinski definition) is 1. The topological polar surface area (TPSA) is 94.3 Å². The zero-order valence-electron chi connectivity index (χ0n) is 14.4. The zero-order valence-corrected chi connectivity index (χ0v) is 14.4. The fourth-order valence-corrected chi connectivity index (χ4v) is 2.21. The number of hydrogen-bond acceptors (Lipinski definition) is 6. The van der Waals surface area contributed by atoms with Crippen LogP contribution in [-0.4, -0.2) is 28.7 Å². The van der Waals surface area contributed by atoms with Crippen LogP contribution in [0.2, 0.25) is 0 Å². The summed E-state index contributed by atoms with van der Waals surface area (Å²) in [7, 11) is 0. The van der Waals surface area contributed by atoms with Crippen molar-refractivity contribution in [3.05, 3.63) is 65.2 Å². The summed E-state index contributed by atoms with van der Waals surface area (Å²) < 4.78 is 10.4. The van der Waals surface area contributed by atoms with Gasteiger partial charge >= 0.3 is 12.0 Å². The number of nitrogens with one attached hydrogen (secondary N) is 1. The Labute approximate surface area is 150 Å². The number of benzene rings is 2. The third-order valence-electron chi connectivity index (χ3n) is 3.77.